The minimum Gasteiger partial charge on any atom is -0.371 e. The van der Waals surface area contributed by atoms with E-state index in [1.54, 1.807) is 0 Å². The molecule has 0 radical (unpaired) electrons. The molecule has 0 fully saturated rings. The van der Waals surface area contributed by atoms with Gasteiger partial charge in [0, 0.05) is 41.3 Å². The highest BCUT2D eigenvalue weighted by Crippen LogP contribution is 2.52. The zero-order valence-corrected chi connectivity index (χ0v) is 20.7. The molecule has 0 unspecified atom stereocenters. The van der Waals surface area contributed by atoms with Gasteiger partial charge in [-0.05, 0) is 68.0 Å². The molecule has 2 heterocycles. The molecule has 2 amide bonds. The molecule has 4 nitrogen and oxygen atoms in total. The van der Waals surface area contributed by atoms with Crippen molar-refractivity contribution < 1.29 is 4.79 Å². The van der Waals surface area contributed by atoms with Crippen LogP contribution in [0.25, 0.3) is 0 Å². The summed E-state index contributed by atoms with van der Waals surface area (Å²) in [6.07, 6.45) is 2.13. The van der Waals surface area contributed by atoms with Crippen LogP contribution in [0.4, 0.5) is 16.2 Å². The molecule has 0 spiro atoms. The van der Waals surface area contributed by atoms with Gasteiger partial charge in [0.15, 0.2) is 0 Å². The quantitative estimate of drug-likeness (QED) is 0.466. The molecule has 176 valence electrons. The van der Waals surface area contributed by atoms with Crippen molar-refractivity contribution in [2.24, 2.45) is 0 Å². The van der Waals surface area contributed by atoms with Gasteiger partial charge in [-0.1, -0.05) is 67.6 Å². The van der Waals surface area contributed by atoms with E-state index in [9.17, 15) is 4.79 Å². The normalized spacial score (nSPS) is 21.5. The number of nitrogens with zero attached hydrogens (tertiary/aromatic N) is 1. The number of nitrogens with one attached hydrogen (secondary N) is 2. The lowest BCUT2D eigenvalue weighted by molar-refractivity contribution is 0.244. The zero-order chi connectivity index (χ0) is 23.9. The van der Waals surface area contributed by atoms with Crippen LogP contribution in [-0.4, -0.2) is 24.7 Å². The number of hydrogen-bond acceptors (Lipinski definition) is 2. The van der Waals surface area contributed by atoms with Crippen LogP contribution in [0.1, 0.15) is 68.7 Å². The van der Waals surface area contributed by atoms with Crippen LogP contribution in [0.2, 0.25) is 0 Å². The van der Waals surface area contributed by atoms with E-state index in [1.807, 2.05) is 20.8 Å². The third-order valence-electron chi connectivity index (χ3n) is 7.35. The zero-order valence-electron chi connectivity index (χ0n) is 20.7. The third-order valence-corrected chi connectivity index (χ3v) is 7.35. The molecule has 2 aliphatic rings. The van der Waals surface area contributed by atoms with Gasteiger partial charge < -0.3 is 15.5 Å². The molecule has 5 rings (SSSR count). The Kier molecular flexibility index (Phi) is 5.63. The van der Waals surface area contributed by atoms with E-state index >= 15 is 0 Å². The second kappa shape index (κ2) is 8.50. The summed E-state index contributed by atoms with van der Waals surface area (Å²) < 4.78 is 0. The predicted octanol–water partition coefficient (Wildman–Crippen LogP) is 6.66. The first kappa shape index (κ1) is 22.5. The fourth-order valence-electron chi connectivity index (χ4n) is 5.68. The Balaban J connectivity index is 1.67. The summed E-state index contributed by atoms with van der Waals surface area (Å²) in [5.74, 6) is 0.316. The van der Waals surface area contributed by atoms with Crippen molar-refractivity contribution in [3.05, 3.63) is 95.1 Å². The van der Waals surface area contributed by atoms with E-state index in [1.165, 1.54) is 27.9 Å². The molecule has 34 heavy (non-hydrogen) atoms. The van der Waals surface area contributed by atoms with E-state index in [4.69, 9.17) is 0 Å². The molecule has 3 aromatic rings. The second-order valence-corrected chi connectivity index (χ2v) is 11.0. The average molecular weight is 454 g/mol. The first-order valence-electron chi connectivity index (χ1n) is 12.4. The molecule has 0 saturated carbocycles. The molecule has 0 aliphatic carbocycles. The largest absolute Gasteiger partial charge is 0.371 e. The van der Waals surface area contributed by atoms with Gasteiger partial charge in [-0.25, -0.2) is 4.79 Å². The minimum absolute atomic E-state index is 0.112. The van der Waals surface area contributed by atoms with E-state index in [-0.39, 0.29) is 17.0 Å². The third kappa shape index (κ3) is 4.18. The van der Waals surface area contributed by atoms with Gasteiger partial charge in [0.2, 0.25) is 0 Å². The summed E-state index contributed by atoms with van der Waals surface area (Å²) in [4.78, 5) is 15.4. The molecule has 0 saturated heterocycles. The Morgan fingerprint density at radius 1 is 0.971 bits per heavy atom. The highest BCUT2D eigenvalue weighted by Gasteiger charge is 2.41. The number of amides is 2. The predicted molar refractivity (Wildman–Crippen MR) is 141 cm³/mol. The number of carbonyl (C=O) groups excluding carboxylic acids is 1. The van der Waals surface area contributed by atoms with E-state index < -0.39 is 0 Å². The van der Waals surface area contributed by atoms with Crippen LogP contribution in [0.3, 0.4) is 0 Å². The van der Waals surface area contributed by atoms with Crippen LogP contribution >= 0.6 is 0 Å². The van der Waals surface area contributed by atoms with Crippen molar-refractivity contribution in [2.45, 2.75) is 57.4 Å². The lowest BCUT2D eigenvalue weighted by Gasteiger charge is -2.47. The smallest absolute Gasteiger partial charge is 0.319 e. The maximum atomic E-state index is 12.8. The lowest BCUT2D eigenvalue weighted by atomic mass is 9.68. The topological polar surface area (TPSA) is 44.4 Å². The number of hydrogen-bond donors (Lipinski definition) is 2. The standard InChI is InChI=1S/C30H35N3O/c1-29(2,3)32-28(34)31-23-19-25-24(21-11-7-5-8-12-21)15-17-33-18-16-30(4,26(20-23)27(25)33)22-13-9-6-10-14-22/h5-14,19-20,24H,15-18H2,1-4H3,(H2,31,32,34)/t24-,30-/m0/s1. The van der Waals surface area contributed by atoms with Gasteiger partial charge >= 0.3 is 6.03 Å². The molecule has 2 N–H and O–H groups in total. The Hall–Kier alpha value is -3.27. The number of benzene rings is 3. The van der Waals surface area contributed by atoms with E-state index in [0.29, 0.717) is 5.92 Å². The number of urea groups is 1. The molecule has 3 aromatic carbocycles. The van der Waals surface area contributed by atoms with Crippen LogP contribution in [0.15, 0.2) is 72.8 Å². The van der Waals surface area contributed by atoms with Crippen molar-refractivity contribution in [1.82, 2.24) is 5.32 Å². The lowest BCUT2D eigenvalue weighted by Crippen LogP contribution is -2.44. The van der Waals surface area contributed by atoms with Crippen molar-refractivity contribution in [2.75, 3.05) is 23.3 Å². The highest BCUT2D eigenvalue weighted by atomic mass is 16.2. The van der Waals surface area contributed by atoms with Crippen LogP contribution < -0.4 is 15.5 Å². The van der Waals surface area contributed by atoms with Crippen molar-refractivity contribution in [1.29, 1.82) is 0 Å². The fraction of sp³-hybridized carbons (Fsp3) is 0.367. The van der Waals surface area contributed by atoms with Crippen molar-refractivity contribution in [3.63, 3.8) is 0 Å². The summed E-state index contributed by atoms with van der Waals surface area (Å²) in [6, 6.07) is 25.9. The maximum Gasteiger partial charge on any atom is 0.319 e. The summed E-state index contributed by atoms with van der Waals surface area (Å²) in [5, 5.41) is 6.20. The van der Waals surface area contributed by atoms with Gasteiger partial charge in [-0.15, -0.1) is 0 Å². The maximum absolute atomic E-state index is 12.8. The Bertz CT molecular complexity index is 1180. The molecule has 4 heteroatoms. The van der Waals surface area contributed by atoms with Gasteiger partial charge in [0.25, 0.3) is 0 Å². The first-order chi connectivity index (χ1) is 16.2. The van der Waals surface area contributed by atoms with Crippen LogP contribution in [0.5, 0.6) is 0 Å². The Morgan fingerprint density at radius 2 is 1.65 bits per heavy atom. The number of carbonyl (C=O) groups is 1. The minimum atomic E-state index is -0.297. The fourth-order valence-corrected chi connectivity index (χ4v) is 5.68. The van der Waals surface area contributed by atoms with Crippen molar-refractivity contribution in [3.8, 4) is 0 Å². The highest BCUT2D eigenvalue weighted by molar-refractivity contribution is 5.91. The van der Waals surface area contributed by atoms with E-state index in [2.05, 4.69) is 95.3 Å². The molecule has 2 aliphatic heterocycles. The summed E-state index contributed by atoms with van der Waals surface area (Å²) in [6.45, 7) is 10.5. The molecule has 0 bridgehead atoms. The summed E-state index contributed by atoms with van der Waals surface area (Å²) in [5.41, 5.74) is 7.12. The molecular weight excluding hydrogens is 418 g/mol. The average Bonchev–Trinajstić information content (AvgIpc) is 2.81. The number of rotatable bonds is 3. The Labute approximate surface area is 203 Å². The summed E-state index contributed by atoms with van der Waals surface area (Å²) >= 11 is 0. The Morgan fingerprint density at radius 3 is 2.32 bits per heavy atom. The molecule has 0 aromatic heterocycles. The van der Waals surface area contributed by atoms with Gasteiger partial charge in [0.05, 0.1) is 0 Å². The second-order valence-electron chi connectivity index (χ2n) is 11.0. The monoisotopic (exact) mass is 453 g/mol. The van der Waals surface area contributed by atoms with Gasteiger partial charge in [-0.3, -0.25) is 0 Å². The molecule has 2 atom stereocenters. The first-order valence-corrected chi connectivity index (χ1v) is 12.4. The number of anilines is 2. The SMILES string of the molecule is CC(C)(C)NC(=O)Nc1cc2c3c(c1)[C@](C)(c1ccccc1)CCN3CC[C@H]2c1ccccc1. The summed E-state index contributed by atoms with van der Waals surface area (Å²) in [7, 11) is 0. The molecular formula is C30H35N3O. The van der Waals surface area contributed by atoms with E-state index in [0.717, 1.165) is 31.6 Å². The van der Waals surface area contributed by atoms with Gasteiger partial charge in [0.1, 0.15) is 0 Å². The van der Waals surface area contributed by atoms with Crippen LogP contribution in [0, 0.1) is 0 Å². The van der Waals surface area contributed by atoms with Crippen molar-refractivity contribution >= 4 is 17.4 Å². The van der Waals surface area contributed by atoms with Gasteiger partial charge in [-0.2, -0.15) is 0 Å². The van der Waals surface area contributed by atoms with Crippen LogP contribution in [-0.2, 0) is 5.41 Å².